The molecule has 0 fully saturated rings. The van der Waals surface area contributed by atoms with E-state index in [9.17, 15) is 14.7 Å². The minimum Gasteiger partial charge on any atom is -0.507 e. The Labute approximate surface area is 265 Å². The molecule has 0 spiro atoms. The Morgan fingerprint density at radius 1 is 0.891 bits per heavy atom. The number of ether oxygens (including phenoxy) is 1. The first-order valence-electron chi connectivity index (χ1n) is 15.2. The Morgan fingerprint density at radius 3 is 2.43 bits per heavy atom. The SMILES string of the molecule is CC1=NN(c2ccccc2)C(=O)/C1=C\c1cn(CCCCOc2cc(O)c3c(=O)cc(-c4ccccc4)oc3c2)c2ccccc12. The van der Waals surface area contributed by atoms with Gasteiger partial charge in [0.2, 0.25) is 0 Å². The predicted octanol–water partition coefficient (Wildman–Crippen LogP) is 7.79. The van der Waals surface area contributed by atoms with Gasteiger partial charge in [0.05, 0.1) is 23.6 Å². The van der Waals surface area contributed by atoms with Crippen molar-refractivity contribution in [2.75, 3.05) is 11.6 Å². The van der Waals surface area contributed by atoms with Crippen molar-refractivity contribution in [3.8, 4) is 22.8 Å². The van der Waals surface area contributed by atoms with Crippen LogP contribution in [0.5, 0.6) is 11.5 Å². The number of phenols is 1. The molecule has 1 N–H and O–H groups in total. The number of hydrogen-bond donors (Lipinski definition) is 1. The van der Waals surface area contributed by atoms with E-state index in [0.29, 0.717) is 29.4 Å². The zero-order chi connectivity index (χ0) is 31.6. The Morgan fingerprint density at radius 2 is 1.63 bits per heavy atom. The van der Waals surface area contributed by atoms with Crippen LogP contribution in [0.3, 0.4) is 0 Å². The van der Waals surface area contributed by atoms with Crippen LogP contribution in [0.15, 0.2) is 129 Å². The van der Waals surface area contributed by atoms with E-state index in [1.807, 2.05) is 85.8 Å². The quantitative estimate of drug-likeness (QED) is 0.133. The van der Waals surface area contributed by atoms with Gasteiger partial charge in [-0.05, 0) is 44.0 Å². The molecule has 0 aliphatic carbocycles. The van der Waals surface area contributed by atoms with Crippen molar-refractivity contribution >= 4 is 45.3 Å². The molecule has 0 unspecified atom stereocenters. The van der Waals surface area contributed by atoms with Gasteiger partial charge in [-0.15, -0.1) is 0 Å². The summed E-state index contributed by atoms with van der Waals surface area (Å²) in [5, 5.41) is 17.7. The number of aromatic nitrogens is 1. The lowest BCUT2D eigenvalue weighted by molar-refractivity contribution is -0.114. The van der Waals surface area contributed by atoms with Gasteiger partial charge in [-0.25, -0.2) is 0 Å². The number of hydrogen-bond acceptors (Lipinski definition) is 6. The van der Waals surface area contributed by atoms with E-state index < -0.39 is 0 Å². The van der Waals surface area contributed by atoms with Crippen LogP contribution >= 0.6 is 0 Å². The molecule has 3 heterocycles. The third kappa shape index (κ3) is 5.57. The summed E-state index contributed by atoms with van der Waals surface area (Å²) in [6, 6.07) is 31.4. The van der Waals surface area contributed by atoms with E-state index in [1.54, 1.807) is 6.07 Å². The van der Waals surface area contributed by atoms with Crippen molar-refractivity contribution in [3.05, 3.63) is 131 Å². The highest BCUT2D eigenvalue weighted by Crippen LogP contribution is 2.32. The fraction of sp³-hybridized carbons (Fsp3) is 0.132. The predicted molar refractivity (Wildman–Crippen MR) is 181 cm³/mol. The number of aryl methyl sites for hydroxylation is 1. The Hall–Kier alpha value is -5.89. The first-order valence-corrected chi connectivity index (χ1v) is 15.2. The second kappa shape index (κ2) is 12.2. The van der Waals surface area contributed by atoms with E-state index in [2.05, 4.69) is 28.0 Å². The lowest BCUT2D eigenvalue weighted by atomic mass is 10.1. The minimum atomic E-state index is -0.314. The summed E-state index contributed by atoms with van der Waals surface area (Å²) in [5.74, 6) is 0.542. The molecule has 2 aromatic heterocycles. The van der Waals surface area contributed by atoms with E-state index in [4.69, 9.17) is 9.15 Å². The summed E-state index contributed by atoms with van der Waals surface area (Å²) in [6.45, 7) is 3.03. The number of aromatic hydroxyl groups is 1. The number of rotatable bonds is 9. The number of carbonyl (C=O) groups is 1. The molecule has 8 nitrogen and oxygen atoms in total. The molecule has 46 heavy (non-hydrogen) atoms. The van der Waals surface area contributed by atoms with Crippen molar-refractivity contribution in [1.29, 1.82) is 0 Å². The highest BCUT2D eigenvalue weighted by atomic mass is 16.5. The van der Waals surface area contributed by atoms with Crippen molar-refractivity contribution in [2.45, 2.75) is 26.3 Å². The number of nitrogens with zero attached hydrogens (tertiary/aromatic N) is 3. The molecule has 7 rings (SSSR count). The van der Waals surface area contributed by atoms with Gasteiger partial charge in [-0.2, -0.15) is 10.1 Å². The molecule has 1 aliphatic rings. The molecule has 1 amide bonds. The number of unbranched alkanes of at least 4 members (excludes halogenated alkanes) is 1. The first-order chi connectivity index (χ1) is 22.5. The van der Waals surface area contributed by atoms with Gasteiger partial charge in [-0.1, -0.05) is 66.7 Å². The van der Waals surface area contributed by atoms with Crippen molar-refractivity contribution in [1.82, 2.24) is 4.57 Å². The molecule has 0 bridgehead atoms. The smallest absolute Gasteiger partial charge is 0.280 e. The molecule has 0 atom stereocenters. The third-order valence-corrected chi connectivity index (χ3v) is 8.09. The van der Waals surface area contributed by atoms with E-state index in [1.165, 1.54) is 17.1 Å². The third-order valence-electron chi connectivity index (χ3n) is 8.09. The lowest BCUT2D eigenvalue weighted by Crippen LogP contribution is -2.21. The van der Waals surface area contributed by atoms with Crippen LogP contribution in [-0.2, 0) is 11.3 Å². The highest BCUT2D eigenvalue weighted by Gasteiger charge is 2.29. The average molecular weight is 610 g/mol. The van der Waals surface area contributed by atoms with Gasteiger partial charge in [-0.3, -0.25) is 9.59 Å². The Bertz CT molecular complexity index is 2200. The molecule has 4 aromatic carbocycles. The zero-order valence-corrected chi connectivity index (χ0v) is 25.2. The van der Waals surface area contributed by atoms with Gasteiger partial charge >= 0.3 is 0 Å². The summed E-state index contributed by atoms with van der Waals surface area (Å²) >= 11 is 0. The number of anilines is 1. The average Bonchev–Trinajstić information content (AvgIpc) is 3.57. The van der Waals surface area contributed by atoms with Gasteiger partial charge in [0, 0.05) is 53.0 Å². The number of amides is 1. The van der Waals surface area contributed by atoms with Gasteiger partial charge in [0.25, 0.3) is 5.91 Å². The summed E-state index contributed by atoms with van der Waals surface area (Å²) in [7, 11) is 0. The molecule has 228 valence electrons. The van der Waals surface area contributed by atoms with Crippen molar-refractivity contribution in [3.63, 3.8) is 0 Å². The standard InChI is InChI=1S/C38H31N3O5/c1-25-31(38(44)41(39-25)28-14-6-3-7-15-28)20-27-24-40(32-17-9-8-16-30(27)32)18-10-11-19-45-29-21-33(42)37-34(43)23-35(46-36(37)22-29)26-12-4-2-5-13-26/h2-9,12-17,20-24,42H,10-11,18-19H2,1H3/b31-20-. The topological polar surface area (TPSA) is 97.3 Å². The van der Waals surface area contributed by atoms with E-state index >= 15 is 0 Å². The maximum Gasteiger partial charge on any atom is 0.280 e. The number of benzene rings is 4. The number of hydrazone groups is 1. The highest BCUT2D eigenvalue weighted by molar-refractivity contribution is 6.32. The fourth-order valence-corrected chi connectivity index (χ4v) is 5.80. The molecule has 6 aromatic rings. The van der Waals surface area contributed by atoms with Gasteiger partial charge in [0.1, 0.15) is 28.2 Å². The lowest BCUT2D eigenvalue weighted by Gasteiger charge is -2.10. The zero-order valence-electron chi connectivity index (χ0n) is 25.2. The molecular weight excluding hydrogens is 578 g/mol. The number of carbonyl (C=O) groups excluding carboxylic acids is 1. The first kappa shape index (κ1) is 28.9. The van der Waals surface area contributed by atoms with Crippen molar-refractivity contribution < 1.29 is 19.1 Å². The minimum absolute atomic E-state index is 0.130. The monoisotopic (exact) mass is 609 g/mol. The van der Waals surface area contributed by atoms with Crippen LogP contribution in [0.2, 0.25) is 0 Å². The normalized spacial score (nSPS) is 14.0. The van der Waals surface area contributed by atoms with Crippen LogP contribution in [0.4, 0.5) is 5.69 Å². The Kier molecular flexibility index (Phi) is 7.68. The molecule has 1 aliphatic heterocycles. The summed E-state index contributed by atoms with van der Waals surface area (Å²) in [5.41, 5.74) is 4.77. The summed E-state index contributed by atoms with van der Waals surface area (Å²) in [4.78, 5) is 26.0. The fourth-order valence-electron chi connectivity index (χ4n) is 5.80. The molecule has 0 saturated heterocycles. The van der Waals surface area contributed by atoms with Crippen LogP contribution in [0, 0.1) is 0 Å². The second-order valence-electron chi connectivity index (χ2n) is 11.2. The molecular formula is C38H31N3O5. The van der Waals surface area contributed by atoms with Crippen LogP contribution in [0.25, 0.3) is 39.3 Å². The molecule has 8 heteroatoms. The number of para-hydroxylation sites is 2. The molecule has 0 saturated carbocycles. The van der Waals surface area contributed by atoms with E-state index in [0.717, 1.165) is 47.1 Å². The summed E-state index contributed by atoms with van der Waals surface area (Å²) < 4.78 is 14.2. The Balaban J connectivity index is 1.04. The van der Waals surface area contributed by atoms with E-state index in [-0.39, 0.29) is 28.1 Å². The maximum absolute atomic E-state index is 13.3. The van der Waals surface area contributed by atoms with Gasteiger partial charge in [0.15, 0.2) is 5.43 Å². The van der Waals surface area contributed by atoms with Gasteiger partial charge < -0.3 is 18.8 Å². The number of phenolic OH excluding ortho intramolecular Hbond substituents is 1. The van der Waals surface area contributed by atoms with Crippen LogP contribution < -0.4 is 15.2 Å². The summed E-state index contributed by atoms with van der Waals surface area (Å²) in [6.07, 6.45) is 5.60. The number of fused-ring (bicyclic) bond motifs is 2. The largest absolute Gasteiger partial charge is 0.507 e. The van der Waals surface area contributed by atoms with Crippen LogP contribution in [-0.4, -0.2) is 27.9 Å². The van der Waals surface area contributed by atoms with Crippen LogP contribution in [0.1, 0.15) is 25.3 Å². The van der Waals surface area contributed by atoms with Crippen molar-refractivity contribution in [2.24, 2.45) is 5.10 Å². The second-order valence-corrected chi connectivity index (χ2v) is 11.2. The maximum atomic E-state index is 13.3. The molecule has 0 radical (unpaired) electrons.